The van der Waals surface area contributed by atoms with Crippen LogP contribution < -0.4 is 9.97 Å². The van der Waals surface area contributed by atoms with Crippen molar-refractivity contribution in [3.63, 3.8) is 0 Å². The van der Waals surface area contributed by atoms with Gasteiger partial charge in [-0.1, -0.05) is 6.42 Å². The first kappa shape index (κ1) is 32.5. The molecule has 5 heterocycles. The van der Waals surface area contributed by atoms with Gasteiger partial charge >= 0.3 is 17.1 Å². The van der Waals surface area contributed by atoms with Crippen LogP contribution in [0.25, 0.3) is 49.7 Å². The number of hydrogen-bond acceptors (Lipinski definition) is 6. The molecule has 0 atom stereocenters. The minimum absolute atomic E-state index is 0. The molecule has 0 saturated heterocycles. The summed E-state index contributed by atoms with van der Waals surface area (Å²) in [5.74, 6) is 3.20. The van der Waals surface area contributed by atoms with Crippen molar-refractivity contribution in [3.05, 3.63) is 57.0 Å². The van der Waals surface area contributed by atoms with E-state index in [0.717, 1.165) is 161 Å². The Labute approximate surface area is 298 Å². The van der Waals surface area contributed by atoms with E-state index >= 15 is 0 Å². The Morgan fingerprint density at radius 1 is 0.408 bits per heavy atom. The van der Waals surface area contributed by atoms with Crippen molar-refractivity contribution >= 4 is 44.9 Å². The fourth-order valence-corrected chi connectivity index (χ4v) is 8.89. The molecule has 7 aliphatic rings. The molecule has 0 radical (unpaired) electrons. The second-order valence-corrected chi connectivity index (χ2v) is 14.6. The Hall–Kier alpha value is -3.67. The van der Waals surface area contributed by atoms with Crippen LogP contribution in [0.5, 0.6) is 0 Å². The average molecular weight is 694 g/mol. The SMILES string of the molecule is C1CCC2=C(C1)c1nc2nc2[n-]c(nc3nc(nc4[n-]c(n1)c1c4CCCC1)C1=C3CCCC1)c1c2CCCC1.[C-]#[N+]C1CCCCC1.[Fe+2]. The van der Waals surface area contributed by atoms with Crippen molar-refractivity contribution in [2.45, 2.75) is 141 Å². The fraction of sp³-hybridized carbons (Fsp3) is 0.564. The van der Waals surface area contributed by atoms with E-state index in [4.69, 9.17) is 46.4 Å². The van der Waals surface area contributed by atoms with Gasteiger partial charge in [0.2, 0.25) is 6.04 Å². The number of allylic oxidation sites excluding steroid dienone is 4. The first-order chi connectivity index (χ1) is 23.7. The van der Waals surface area contributed by atoms with Gasteiger partial charge in [-0.2, -0.15) is 0 Å². The van der Waals surface area contributed by atoms with Crippen molar-refractivity contribution in [2.75, 3.05) is 0 Å². The van der Waals surface area contributed by atoms with Gasteiger partial charge in [0.15, 0.2) is 0 Å². The fourth-order valence-electron chi connectivity index (χ4n) is 8.89. The van der Waals surface area contributed by atoms with E-state index < -0.39 is 0 Å². The Kier molecular flexibility index (Phi) is 9.24. The quantitative estimate of drug-likeness (QED) is 0.172. The molecule has 3 aromatic heterocycles. The van der Waals surface area contributed by atoms with Gasteiger partial charge in [-0.05, 0) is 160 Å². The van der Waals surface area contributed by atoms with E-state index in [1.165, 1.54) is 63.8 Å². The summed E-state index contributed by atoms with van der Waals surface area (Å²) in [4.78, 5) is 44.5. The Morgan fingerprint density at radius 2 is 0.714 bits per heavy atom. The van der Waals surface area contributed by atoms with Crippen LogP contribution >= 0.6 is 0 Å². The van der Waals surface area contributed by atoms with Gasteiger partial charge in [-0.15, -0.1) is 0 Å². The summed E-state index contributed by atoms with van der Waals surface area (Å²) in [6, 6.07) is 0.378. The maximum absolute atomic E-state index is 6.72. The predicted octanol–water partition coefficient (Wildman–Crippen LogP) is 8.12. The minimum Gasteiger partial charge on any atom is -0.358 e. The van der Waals surface area contributed by atoms with Gasteiger partial charge in [0, 0.05) is 35.4 Å². The van der Waals surface area contributed by atoms with Crippen molar-refractivity contribution in [3.8, 4) is 0 Å². The Morgan fingerprint density at radius 3 is 1.00 bits per heavy atom. The molecule has 5 aliphatic carbocycles. The van der Waals surface area contributed by atoms with Crippen molar-refractivity contribution in [1.82, 2.24) is 39.9 Å². The zero-order chi connectivity index (χ0) is 32.0. The molecule has 8 bridgehead atoms. The largest absolute Gasteiger partial charge is 2.00 e. The summed E-state index contributed by atoms with van der Waals surface area (Å²) in [6.45, 7) is 6.72. The molecule has 49 heavy (non-hydrogen) atoms. The summed E-state index contributed by atoms with van der Waals surface area (Å²) in [6.07, 6.45) is 23.5. The number of aryl methyl sites for hydroxylation is 4. The third-order valence-electron chi connectivity index (χ3n) is 11.5. The molecule has 252 valence electrons. The third kappa shape index (κ3) is 6.08. The van der Waals surface area contributed by atoms with Crippen LogP contribution in [-0.2, 0) is 42.8 Å². The molecule has 2 aliphatic heterocycles. The van der Waals surface area contributed by atoms with Gasteiger partial charge in [0.25, 0.3) is 0 Å². The van der Waals surface area contributed by atoms with Crippen molar-refractivity contribution < 1.29 is 17.1 Å². The van der Waals surface area contributed by atoms with Crippen molar-refractivity contribution in [1.29, 1.82) is 0 Å². The van der Waals surface area contributed by atoms with Gasteiger partial charge in [0.05, 0.1) is 23.3 Å². The number of rotatable bonds is 0. The van der Waals surface area contributed by atoms with E-state index in [-0.39, 0.29) is 17.1 Å². The van der Waals surface area contributed by atoms with E-state index in [2.05, 4.69) is 4.85 Å². The second-order valence-electron chi connectivity index (χ2n) is 14.6. The molecule has 1 fully saturated rings. The number of nitrogens with zero attached hydrogens (tertiary/aromatic N) is 9. The normalized spacial score (nSPS) is 20.1. The molecule has 9 nitrogen and oxygen atoms in total. The molecule has 0 N–H and O–H groups in total. The minimum atomic E-state index is 0. The standard InChI is InChI=1S/C32H32N8.C7H11N.Fe/c1-2-10-18-17(9-1)25-33-26(18)38-28-21-13-5-6-14-22(21)30(35-28)40-32-24-16-8-7-15-23(24)31(36-32)39-29-20-12-4-3-11-19(20)27(34-29)37-25;1-8-7-5-3-2-4-6-7;/h1-16H2;7H,2-6H2;/q-2;;+2. The van der Waals surface area contributed by atoms with Gasteiger partial charge in [0.1, 0.15) is 0 Å². The molecule has 10 rings (SSSR count). The average Bonchev–Trinajstić information content (AvgIpc) is 3.88. The number of fused-ring (bicyclic) bond motifs is 18. The van der Waals surface area contributed by atoms with Crippen LogP contribution in [0.4, 0.5) is 0 Å². The Bertz CT molecular complexity index is 1800. The summed E-state index contributed by atoms with van der Waals surface area (Å²) in [7, 11) is 0. The van der Waals surface area contributed by atoms with E-state index in [1.54, 1.807) is 0 Å². The Balaban J connectivity index is 0.000000344. The van der Waals surface area contributed by atoms with Crippen molar-refractivity contribution in [2.24, 2.45) is 0 Å². The van der Waals surface area contributed by atoms with Crippen LogP contribution in [0.1, 0.15) is 155 Å². The van der Waals surface area contributed by atoms with Crippen LogP contribution in [0.2, 0.25) is 0 Å². The van der Waals surface area contributed by atoms with Gasteiger partial charge in [-0.3, -0.25) is 0 Å². The van der Waals surface area contributed by atoms with E-state index in [9.17, 15) is 0 Å². The smallest absolute Gasteiger partial charge is 0.358 e. The molecule has 0 unspecified atom stereocenters. The summed E-state index contributed by atoms with van der Waals surface area (Å²) in [5.41, 5.74) is 13.2. The first-order valence-electron chi connectivity index (χ1n) is 18.7. The monoisotopic (exact) mass is 693 g/mol. The molecule has 1 saturated carbocycles. The van der Waals surface area contributed by atoms with Gasteiger partial charge in [-0.25, -0.2) is 16.5 Å². The predicted molar refractivity (Wildman–Crippen MR) is 187 cm³/mol. The second kappa shape index (κ2) is 13.9. The molecule has 0 spiro atoms. The zero-order valence-corrected chi connectivity index (χ0v) is 29.4. The molecule has 10 heteroatoms. The maximum atomic E-state index is 6.72. The van der Waals surface area contributed by atoms with Crippen LogP contribution in [-0.4, -0.2) is 35.9 Å². The molecule has 3 aromatic rings. The first-order valence-corrected chi connectivity index (χ1v) is 18.7. The topological polar surface area (TPSA) is 110 Å². The van der Waals surface area contributed by atoms with E-state index in [1.807, 2.05) is 0 Å². The third-order valence-corrected chi connectivity index (χ3v) is 11.5. The molecular formula is C39H43FeN9. The summed E-state index contributed by atoms with van der Waals surface area (Å²) < 4.78 is 0. The van der Waals surface area contributed by atoms with E-state index in [0.29, 0.717) is 6.04 Å². The van der Waals surface area contributed by atoms with Crippen LogP contribution in [0.15, 0.2) is 0 Å². The maximum Gasteiger partial charge on any atom is 2.00 e. The molecular weight excluding hydrogens is 650 g/mol. The molecule has 0 amide bonds. The van der Waals surface area contributed by atoms with Gasteiger partial charge < -0.3 is 34.7 Å². The van der Waals surface area contributed by atoms with Crippen LogP contribution in [0, 0.1) is 6.57 Å². The number of aromatic nitrogens is 8. The number of hydrogen-bond donors (Lipinski definition) is 0. The zero-order valence-electron chi connectivity index (χ0n) is 28.3. The summed E-state index contributed by atoms with van der Waals surface area (Å²) in [5, 5.41) is 0. The summed E-state index contributed by atoms with van der Waals surface area (Å²) >= 11 is 0. The molecule has 0 aromatic carbocycles. The van der Waals surface area contributed by atoms with Crippen LogP contribution in [0.3, 0.4) is 0 Å².